The molecule has 3 aromatic carbocycles. The first-order valence-corrected chi connectivity index (χ1v) is 11.4. The van der Waals surface area contributed by atoms with Gasteiger partial charge < -0.3 is 14.2 Å². The van der Waals surface area contributed by atoms with Crippen LogP contribution in [0.25, 0.3) is 4.91 Å². The Bertz CT molecular complexity index is 1100. The summed E-state index contributed by atoms with van der Waals surface area (Å²) in [4.78, 5) is 1.27. The van der Waals surface area contributed by atoms with E-state index in [-0.39, 0.29) is 9.80 Å². The van der Waals surface area contributed by atoms with Gasteiger partial charge in [0, 0.05) is 10.5 Å². The lowest BCUT2D eigenvalue weighted by Gasteiger charge is -2.16. The molecule has 0 saturated carbocycles. The Balaban J connectivity index is 2.20. The van der Waals surface area contributed by atoms with E-state index in [4.69, 9.17) is 14.2 Å². The lowest BCUT2D eigenvalue weighted by Crippen LogP contribution is -2.05. The van der Waals surface area contributed by atoms with E-state index in [1.54, 1.807) is 47.9 Å². The van der Waals surface area contributed by atoms with E-state index in [9.17, 15) is 8.42 Å². The Morgan fingerprint density at radius 1 is 0.800 bits per heavy atom. The molecule has 0 heterocycles. The molecule has 0 aliphatic rings. The van der Waals surface area contributed by atoms with E-state index in [1.807, 2.05) is 30.3 Å². The van der Waals surface area contributed by atoms with Crippen LogP contribution in [0.4, 0.5) is 0 Å². The molecule has 0 bridgehead atoms. The maximum atomic E-state index is 13.5. The van der Waals surface area contributed by atoms with Crippen LogP contribution >= 0.6 is 11.8 Å². The van der Waals surface area contributed by atoms with Crippen LogP contribution in [0.1, 0.15) is 5.56 Å². The molecule has 0 aliphatic heterocycles. The Labute approximate surface area is 181 Å². The number of methoxy groups -OCH3 is 3. The molecule has 0 fully saturated rings. The Morgan fingerprint density at radius 2 is 1.33 bits per heavy atom. The molecule has 156 valence electrons. The smallest absolute Gasteiger partial charge is 0.207 e. The molecule has 0 saturated heterocycles. The van der Waals surface area contributed by atoms with Gasteiger partial charge in [-0.05, 0) is 41.8 Å². The first kappa shape index (κ1) is 21.8. The summed E-state index contributed by atoms with van der Waals surface area (Å²) in [6, 6.07) is 21.2. The quantitative estimate of drug-likeness (QED) is 0.443. The van der Waals surface area contributed by atoms with Crippen molar-refractivity contribution in [3.05, 3.63) is 83.8 Å². The van der Waals surface area contributed by atoms with Crippen molar-refractivity contribution in [3.8, 4) is 17.2 Å². The van der Waals surface area contributed by atoms with E-state index in [2.05, 4.69) is 0 Å². The maximum absolute atomic E-state index is 13.5. The number of hydrogen-bond acceptors (Lipinski definition) is 6. The zero-order valence-electron chi connectivity index (χ0n) is 16.9. The van der Waals surface area contributed by atoms with Gasteiger partial charge in [0.05, 0.1) is 31.1 Å². The third-order valence-corrected chi connectivity index (χ3v) is 7.21. The van der Waals surface area contributed by atoms with Crippen LogP contribution in [0.15, 0.2) is 88.0 Å². The summed E-state index contributed by atoms with van der Waals surface area (Å²) in [5, 5.41) is 1.64. The minimum atomic E-state index is -3.81. The second-order valence-electron chi connectivity index (χ2n) is 6.14. The predicted molar refractivity (Wildman–Crippen MR) is 120 cm³/mol. The summed E-state index contributed by atoms with van der Waals surface area (Å²) in [5.74, 6) is 1.16. The number of ether oxygens (including phenoxy) is 3. The third kappa shape index (κ3) is 4.63. The molecule has 0 spiro atoms. The molecule has 0 aromatic heterocycles. The largest absolute Gasteiger partial charge is 0.493 e. The van der Waals surface area contributed by atoms with Crippen LogP contribution in [0.2, 0.25) is 0 Å². The van der Waals surface area contributed by atoms with E-state index < -0.39 is 9.84 Å². The standard InChI is InChI=1S/C23H22O5S2/c1-26-20-14-17(15-21(27-2)23(20)28-3)22(16-29-18-10-6-4-7-11-18)30(24,25)19-12-8-5-9-13-19/h4-16H,1-3H3/b22-16+. The van der Waals surface area contributed by atoms with E-state index in [0.29, 0.717) is 22.8 Å². The normalized spacial score (nSPS) is 11.8. The van der Waals surface area contributed by atoms with Crippen molar-refractivity contribution in [1.82, 2.24) is 0 Å². The van der Waals surface area contributed by atoms with Crippen molar-refractivity contribution in [1.29, 1.82) is 0 Å². The van der Waals surface area contributed by atoms with E-state index in [1.165, 1.54) is 33.1 Å². The lowest BCUT2D eigenvalue weighted by atomic mass is 10.2. The number of rotatable bonds is 8. The maximum Gasteiger partial charge on any atom is 0.207 e. The molecule has 7 heteroatoms. The molecule has 30 heavy (non-hydrogen) atoms. The van der Waals surface area contributed by atoms with Crippen LogP contribution in [0, 0.1) is 0 Å². The second kappa shape index (κ2) is 9.73. The third-order valence-electron chi connectivity index (χ3n) is 4.34. The predicted octanol–water partition coefficient (Wildman–Crippen LogP) is 5.28. The van der Waals surface area contributed by atoms with E-state index in [0.717, 1.165) is 4.90 Å². The summed E-state index contributed by atoms with van der Waals surface area (Å²) >= 11 is 1.33. The molecular weight excluding hydrogens is 420 g/mol. The SMILES string of the molecule is COc1cc(/C(=C\Sc2ccccc2)S(=O)(=O)c2ccccc2)cc(OC)c1OC. The highest BCUT2D eigenvalue weighted by Gasteiger charge is 2.25. The highest BCUT2D eigenvalue weighted by Crippen LogP contribution is 2.42. The number of thioether (sulfide) groups is 1. The Morgan fingerprint density at radius 3 is 1.83 bits per heavy atom. The molecule has 0 radical (unpaired) electrons. The van der Waals surface area contributed by atoms with Gasteiger partial charge in [-0.25, -0.2) is 8.42 Å². The Hall–Kier alpha value is -2.90. The molecule has 0 atom stereocenters. The van der Waals surface area contributed by atoms with Crippen molar-refractivity contribution >= 4 is 26.5 Å². The van der Waals surface area contributed by atoms with Crippen molar-refractivity contribution in [2.45, 2.75) is 9.79 Å². The van der Waals surface area contributed by atoms with Crippen LogP contribution in [-0.2, 0) is 9.84 Å². The summed E-state index contributed by atoms with van der Waals surface area (Å²) in [6.45, 7) is 0. The highest BCUT2D eigenvalue weighted by atomic mass is 32.2. The minimum absolute atomic E-state index is 0.141. The van der Waals surface area contributed by atoms with Gasteiger partial charge in [0.2, 0.25) is 15.6 Å². The van der Waals surface area contributed by atoms with Crippen molar-refractivity contribution < 1.29 is 22.6 Å². The minimum Gasteiger partial charge on any atom is -0.493 e. The average molecular weight is 443 g/mol. The zero-order chi connectivity index (χ0) is 21.6. The van der Waals surface area contributed by atoms with Gasteiger partial charge in [0.15, 0.2) is 11.5 Å². The van der Waals surface area contributed by atoms with Gasteiger partial charge in [-0.15, -0.1) is 0 Å². The molecule has 3 rings (SSSR count). The fourth-order valence-electron chi connectivity index (χ4n) is 2.86. The van der Waals surface area contributed by atoms with Gasteiger partial charge in [0.1, 0.15) is 0 Å². The number of benzene rings is 3. The van der Waals surface area contributed by atoms with Gasteiger partial charge >= 0.3 is 0 Å². The van der Waals surface area contributed by atoms with Crippen LogP contribution in [0.3, 0.4) is 0 Å². The van der Waals surface area contributed by atoms with Crippen molar-refractivity contribution in [2.24, 2.45) is 0 Å². The molecule has 0 unspecified atom stereocenters. The van der Waals surface area contributed by atoms with Crippen LogP contribution in [0.5, 0.6) is 17.2 Å². The molecule has 0 N–H and O–H groups in total. The van der Waals surface area contributed by atoms with E-state index >= 15 is 0 Å². The van der Waals surface area contributed by atoms with Crippen LogP contribution in [-0.4, -0.2) is 29.7 Å². The fraction of sp³-hybridized carbons (Fsp3) is 0.130. The van der Waals surface area contributed by atoms with Gasteiger partial charge in [-0.2, -0.15) is 0 Å². The molecule has 0 aliphatic carbocycles. The summed E-state index contributed by atoms with van der Waals surface area (Å²) < 4.78 is 43.2. The van der Waals surface area contributed by atoms with Gasteiger partial charge in [0.25, 0.3) is 0 Å². The molecule has 0 amide bonds. The fourth-order valence-corrected chi connectivity index (χ4v) is 5.40. The average Bonchev–Trinajstić information content (AvgIpc) is 2.79. The van der Waals surface area contributed by atoms with Gasteiger partial charge in [-0.3, -0.25) is 0 Å². The van der Waals surface area contributed by atoms with Crippen molar-refractivity contribution in [3.63, 3.8) is 0 Å². The second-order valence-corrected chi connectivity index (χ2v) is 9.00. The highest BCUT2D eigenvalue weighted by molar-refractivity contribution is 8.05. The van der Waals surface area contributed by atoms with Gasteiger partial charge in [-0.1, -0.05) is 48.2 Å². The number of sulfone groups is 1. The summed E-state index contributed by atoms with van der Waals surface area (Å²) in [7, 11) is 0.687. The van der Waals surface area contributed by atoms with Crippen LogP contribution < -0.4 is 14.2 Å². The molecule has 3 aromatic rings. The summed E-state index contributed by atoms with van der Waals surface area (Å²) in [5.41, 5.74) is 0.441. The monoisotopic (exact) mass is 442 g/mol. The first-order chi connectivity index (χ1) is 14.5. The first-order valence-electron chi connectivity index (χ1n) is 9.03. The Kier molecular flexibility index (Phi) is 7.07. The lowest BCUT2D eigenvalue weighted by molar-refractivity contribution is 0.324. The van der Waals surface area contributed by atoms with Crippen molar-refractivity contribution in [2.75, 3.05) is 21.3 Å². The molecular formula is C23H22O5S2. The summed E-state index contributed by atoms with van der Waals surface area (Å²) in [6.07, 6.45) is 0. The number of hydrogen-bond donors (Lipinski definition) is 0. The topological polar surface area (TPSA) is 61.8 Å². The zero-order valence-corrected chi connectivity index (χ0v) is 18.5. The molecule has 5 nitrogen and oxygen atoms in total.